The van der Waals surface area contributed by atoms with E-state index in [9.17, 15) is 33.0 Å². The van der Waals surface area contributed by atoms with Crippen molar-refractivity contribution in [2.24, 2.45) is 0 Å². The molecule has 0 saturated heterocycles. The summed E-state index contributed by atoms with van der Waals surface area (Å²) in [7, 11) is -3.42. The monoisotopic (exact) mass is 492 g/mol. The molecule has 2 amide bonds. The fourth-order valence-electron chi connectivity index (χ4n) is 2.90. The summed E-state index contributed by atoms with van der Waals surface area (Å²) in [6, 6.07) is 13.4. The van der Waals surface area contributed by atoms with Crippen LogP contribution in [0, 0.1) is 0 Å². The molecule has 0 aliphatic carbocycles. The zero-order chi connectivity index (χ0) is 25.5. The molecule has 0 fully saturated rings. The van der Waals surface area contributed by atoms with Crippen molar-refractivity contribution >= 4 is 27.8 Å². The molecule has 0 spiro atoms. The Morgan fingerprint density at radius 3 is 2.12 bits per heavy atom. The van der Waals surface area contributed by atoms with Gasteiger partial charge in [0.05, 0.1) is 10.9 Å². The number of carboxylic acids is 1. The van der Waals surface area contributed by atoms with Crippen molar-refractivity contribution in [3.63, 3.8) is 0 Å². The van der Waals surface area contributed by atoms with Crippen LogP contribution in [0.25, 0.3) is 0 Å². The van der Waals surface area contributed by atoms with Crippen LogP contribution in [0.4, 0.5) is 4.79 Å². The number of hydrogen-bond acceptors (Lipinski definition) is 7. The van der Waals surface area contributed by atoms with Crippen LogP contribution in [0.1, 0.15) is 25.0 Å². The number of amides is 2. The summed E-state index contributed by atoms with van der Waals surface area (Å²) in [4.78, 5) is 36.3. The minimum Gasteiger partial charge on any atom is -0.480 e. The Bertz CT molecular complexity index is 1120. The summed E-state index contributed by atoms with van der Waals surface area (Å²) in [5.74, 6) is -2.32. The van der Waals surface area contributed by atoms with Gasteiger partial charge >= 0.3 is 12.1 Å². The second kappa shape index (κ2) is 11.1. The number of rotatable bonds is 10. The molecular weight excluding hydrogens is 464 g/mol. The van der Waals surface area contributed by atoms with Crippen molar-refractivity contribution in [2.75, 3.05) is 6.26 Å². The molecule has 0 aliphatic heterocycles. The molecule has 0 bridgehead atoms. The van der Waals surface area contributed by atoms with Crippen molar-refractivity contribution in [3.8, 4) is 0 Å². The molecule has 0 radical (unpaired) electrons. The summed E-state index contributed by atoms with van der Waals surface area (Å²) in [6.45, 7) is 2.46. The second-order valence-electron chi connectivity index (χ2n) is 8.30. The molecule has 0 aliphatic rings. The molecule has 184 valence electrons. The van der Waals surface area contributed by atoms with Crippen molar-refractivity contribution in [1.29, 1.82) is 0 Å². The van der Waals surface area contributed by atoms with E-state index in [1.54, 1.807) is 24.3 Å². The van der Waals surface area contributed by atoms with Gasteiger partial charge in [-0.15, -0.1) is 0 Å². The first-order chi connectivity index (χ1) is 15.8. The first-order valence-electron chi connectivity index (χ1n) is 10.3. The first kappa shape index (κ1) is 26.8. The molecule has 34 heavy (non-hydrogen) atoms. The topological polar surface area (TPSA) is 159 Å². The smallest absolute Gasteiger partial charge is 0.407 e. The molecule has 2 aromatic rings. The van der Waals surface area contributed by atoms with Gasteiger partial charge in [0.15, 0.2) is 15.9 Å². The third kappa shape index (κ3) is 7.85. The van der Waals surface area contributed by atoms with Crippen LogP contribution < -0.4 is 10.6 Å². The number of carboxylic acid groups (broad SMARTS) is 1. The number of hydrogen-bond donors (Lipinski definition) is 4. The quantitative estimate of drug-likeness (QED) is 0.386. The van der Waals surface area contributed by atoms with E-state index >= 15 is 0 Å². The first-order valence-corrected chi connectivity index (χ1v) is 12.2. The van der Waals surface area contributed by atoms with E-state index in [1.165, 1.54) is 38.1 Å². The van der Waals surface area contributed by atoms with Crippen molar-refractivity contribution in [1.82, 2.24) is 10.6 Å². The lowest BCUT2D eigenvalue weighted by Crippen LogP contribution is -2.58. The van der Waals surface area contributed by atoms with E-state index < -0.39 is 45.5 Å². The summed E-state index contributed by atoms with van der Waals surface area (Å²) in [6.07, 6.45) is -1.72. The predicted octanol–water partition coefficient (Wildman–Crippen LogP) is 1.27. The number of ether oxygens (including phenoxy) is 1. The molecule has 11 heteroatoms. The summed E-state index contributed by atoms with van der Waals surface area (Å²) in [5.41, 5.74) is -0.412. The zero-order valence-electron chi connectivity index (χ0n) is 19.0. The van der Waals surface area contributed by atoms with Gasteiger partial charge in [0.25, 0.3) is 5.91 Å². The number of carbonyl (C=O) groups excluding carboxylic acids is 2. The summed E-state index contributed by atoms with van der Waals surface area (Å²) in [5, 5.41) is 24.5. The van der Waals surface area contributed by atoms with Crippen LogP contribution in [0.2, 0.25) is 0 Å². The SMILES string of the molecule is CC(C)(NC(=O)[C@@H](O)[C@@H](Cc1ccc(S(C)(=O)=O)cc1)NC(=O)OCc1ccccc1)C(=O)O. The van der Waals surface area contributed by atoms with Crippen molar-refractivity contribution in [3.05, 3.63) is 65.7 Å². The van der Waals surface area contributed by atoms with E-state index in [0.29, 0.717) is 5.56 Å². The molecule has 10 nitrogen and oxygen atoms in total. The average Bonchev–Trinajstić information content (AvgIpc) is 2.76. The highest BCUT2D eigenvalue weighted by atomic mass is 32.2. The largest absolute Gasteiger partial charge is 0.480 e. The summed E-state index contributed by atoms with van der Waals surface area (Å²) < 4.78 is 28.5. The van der Waals surface area contributed by atoms with Gasteiger partial charge in [-0.3, -0.25) is 4.79 Å². The van der Waals surface area contributed by atoms with Crippen LogP contribution in [-0.2, 0) is 37.2 Å². The maximum absolute atomic E-state index is 12.5. The molecule has 0 saturated carbocycles. The Labute approximate surface area is 197 Å². The highest BCUT2D eigenvalue weighted by Crippen LogP contribution is 2.14. The van der Waals surface area contributed by atoms with Crippen LogP contribution in [0.15, 0.2) is 59.5 Å². The molecular formula is C23H28N2O8S. The van der Waals surface area contributed by atoms with Gasteiger partial charge in [0.2, 0.25) is 0 Å². The van der Waals surface area contributed by atoms with Crippen LogP contribution in [0.3, 0.4) is 0 Å². The number of alkyl carbamates (subject to hydrolysis) is 1. The van der Waals surface area contributed by atoms with E-state index in [4.69, 9.17) is 4.74 Å². The zero-order valence-corrected chi connectivity index (χ0v) is 19.8. The van der Waals surface area contributed by atoms with E-state index in [1.807, 2.05) is 6.07 Å². The Kier molecular flexibility index (Phi) is 8.77. The predicted molar refractivity (Wildman–Crippen MR) is 123 cm³/mol. The molecule has 2 rings (SSSR count). The Morgan fingerprint density at radius 2 is 1.59 bits per heavy atom. The number of nitrogens with one attached hydrogen (secondary N) is 2. The maximum Gasteiger partial charge on any atom is 0.407 e. The van der Waals surface area contributed by atoms with Crippen LogP contribution in [-0.4, -0.2) is 60.5 Å². The Morgan fingerprint density at radius 1 is 1.00 bits per heavy atom. The highest BCUT2D eigenvalue weighted by Gasteiger charge is 2.35. The van der Waals surface area contributed by atoms with Crippen LogP contribution in [0.5, 0.6) is 0 Å². The lowest BCUT2D eigenvalue weighted by atomic mass is 9.99. The highest BCUT2D eigenvalue weighted by molar-refractivity contribution is 7.90. The van der Waals surface area contributed by atoms with Crippen molar-refractivity contribution < 1.29 is 37.8 Å². The number of aliphatic hydroxyl groups excluding tert-OH is 1. The van der Waals surface area contributed by atoms with Gasteiger partial charge in [-0.1, -0.05) is 42.5 Å². The minimum atomic E-state index is -3.42. The van der Waals surface area contributed by atoms with Gasteiger partial charge in [-0.2, -0.15) is 0 Å². The molecule has 4 N–H and O–H groups in total. The molecule has 2 atom stereocenters. The van der Waals surface area contributed by atoms with Gasteiger partial charge in [-0.05, 0) is 43.5 Å². The van der Waals surface area contributed by atoms with Crippen LogP contribution >= 0.6 is 0 Å². The summed E-state index contributed by atoms with van der Waals surface area (Å²) >= 11 is 0. The molecule has 0 unspecified atom stereocenters. The molecule has 0 aromatic heterocycles. The van der Waals surface area contributed by atoms with E-state index in [0.717, 1.165) is 11.8 Å². The number of sulfone groups is 1. The Hall–Kier alpha value is -3.44. The normalized spacial score (nSPS) is 13.4. The van der Waals surface area contributed by atoms with Crippen molar-refractivity contribution in [2.45, 2.75) is 49.5 Å². The number of carbonyl (C=O) groups is 3. The van der Waals surface area contributed by atoms with Gasteiger partial charge in [0, 0.05) is 6.26 Å². The molecule has 2 aromatic carbocycles. The van der Waals surface area contributed by atoms with E-state index in [2.05, 4.69) is 10.6 Å². The van der Waals surface area contributed by atoms with E-state index in [-0.39, 0.29) is 17.9 Å². The fourth-order valence-corrected chi connectivity index (χ4v) is 3.53. The third-order valence-electron chi connectivity index (χ3n) is 4.94. The second-order valence-corrected chi connectivity index (χ2v) is 10.3. The Balaban J connectivity index is 2.18. The average molecular weight is 493 g/mol. The standard InChI is InChI=1S/C23H28N2O8S/c1-23(2,21(28)29)25-20(27)19(26)18(13-15-9-11-17(12-10-15)34(3,31)32)24-22(30)33-14-16-7-5-4-6-8-16/h4-12,18-19,26H,13-14H2,1-3H3,(H,24,30)(H,25,27)(H,28,29)/t18-,19+/m1/s1. The number of aliphatic hydroxyl groups is 1. The lowest BCUT2D eigenvalue weighted by Gasteiger charge is -2.27. The van der Waals surface area contributed by atoms with Gasteiger partial charge in [-0.25, -0.2) is 18.0 Å². The van der Waals surface area contributed by atoms with Gasteiger partial charge < -0.3 is 25.6 Å². The minimum absolute atomic E-state index is 0.0449. The fraction of sp³-hybridized carbons (Fsp3) is 0.348. The number of benzene rings is 2. The third-order valence-corrected chi connectivity index (χ3v) is 6.07. The molecule has 0 heterocycles. The van der Waals surface area contributed by atoms with Gasteiger partial charge in [0.1, 0.15) is 12.1 Å². The lowest BCUT2D eigenvalue weighted by molar-refractivity contribution is -0.148. The number of aliphatic carboxylic acids is 1. The maximum atomic E-state index is 12.5.